The number of aromatic nitrogens is 4. The van der Waals surface area contributed by atoms with Gasteiger partial charge in [-0.15, -0.1) is 11.3 Å². The topological polar surface area (TPSA) is 58.9 Å². The van der Waals surface area contributed by atoms with E-state index in [0.29, 0.717) is 12.1 Å². The molecule has 1 fully saturated rings. The summed E-state index contributed by atoms with van der Waals surface area (Å²) in [7, 11) is 2.02. The van der Waals surface area contributed by atoms with E-state index in [1.807, 2.05) is 17.9 Å². The zero-order valence-electron chi connectivity index (χ0n) is 15.6. The summed E-state index contributed by atoms with van der Waals surface area (Å²) >= 11 is 1.74. The van der Waals surface area contributed by atoms with Crippen molar-refractivity contribution in [1.29, 1.82) is 0 Å². The van der Waals surface area contributed by atoms with Crippen LogP contribution in [0.25, 0.3) is 10.2 Å². The van der Waals surface area contributed by atoms with Crippen molar-refractivity contribution in [3.63, 3.8) is 0 Å². The van der Waals surface area contributed by atoms with Crippen LogP contribution in [0.3, 0.4) is 0 Å². The maximum absolute atomic E-state index is 4.59. The minimum absolute atomic E-state index is 0.365. The predicted octanol–water partition coefficient (Wildman–Crippen LogP) is 3.44. The van der Waals surface area contributed by atoms with Crippen LogP contribution in [0, 0.1) is 6.92 Å². The summed E-state index contributed by atoms with van der Waals surface area (Å²) in [5.74, 6) is 1.09. The monoisotopic (exact) mass is 370 g/mol. The summed E-state index contributed by atoms with van der Waals surface area (Å²) in [6, 6.07) is 5.24. The van der Waals surface area contributed by atoms with E-state index in [9.17, 15) is 0 Å². The molecule has 3 aromatic rings. The van der Waals surface area contributed by atoms with Gasteiger partial charge in [-0.2, -0.15) is 5.10 Å². The van der Waals surface area contributed by atoms with Crippen LogP contribution in [-0.2, 0) is 7.05 Å². The normalized spacial score (nSPS) is 17.1. The maximum atomic E-state index is 4.59. The first-order chi connectivity index (χ1) is 12.7. The molecule has 0 saturated carbocycles. The molecule has 1 saturated heterocycles. The van der Waals surface area contributed by atoms with Gasteiger partial charge in [0.25, 0.3) is 0 Å². The van der Waals surface area contributed by atoms with E-state index in [4.69, 9.17) is 0 Å². The Balaban J connectivity index is 1.43. The number of nitrogens with zero attached hydrogens (tertiary/aromatic N) is 5. The fourth-order valence-corrected chi connectivity index (χ4v) is 4.74. The highest BCUT2D eigenvalue weighted by Gasteiger charge is 2.24. The molecular formula is C19H26N6S. The van der Waals surface area contributed by atoms with Crippen molar-refractivity contribution in [2.75, 3.05) is 18.0 Å². The van der Waals surface area contributed by atoms with Gasteiger partial charge in [0.05, 0.1) is 11.1 Å². The number of nitrogens with one attached hydrogen (secondary N) is 1. The van der Waals surface area contributed by atoms with Crippen molar-refractivity contribution in [2.24, 2.45) is 7.05 Å². The van der Waals surface area contributed by atoms with Crippen molar-refractivity contribution in [3.05, 3.63) is 35.2 Å². The molecule has 0 radical (unpaired) electrons. The van der Waals surface area contributed by atoms with E-state index >= 15 is 0 Å². The van der Waals surface area contributed by atoms with Gasteiger partial charge in [-0.25, -0.2) is 9.97 Å². The van der Waals surface area contributed by atoms with E-state index in [0.717, 1.165) is 43.0 Å². The van der Waals surface area contributed by atoms with Crippen molar-refractivity contribution in [1.82, 2.24) is 25.1 Å². The van der Waals surface area contributed by atoms with E-state index in [1.165, 1.54) is 16.0 Å². The van der Waals surface area contributed by atoms with Gasteiger partial charge < -0.3 is 10.2 Å². The largest absolute Gasteiger partial charge is 0.356 e. The van der Waals surface area contributed by atoms with Gasteiger partial charge in [0, 0.05) is 43.3 Å². The van der Waals surface area contributed by atoms with Crippen LogP contribution < -0.4 is 10.2 Å². The van der Waals surface area contributed by atoms with Crippen LogP contribution in [0.5, 0.6) is 0 Å². The van der Waals surface area contributed by atoms with Crippen LogP contribution in [0.2, 0.25) is 0 Å². The molecule has 4 heterocycles. The molecule has 0 bridgehead atoms. The van der Waals surface area contributed by atoms with Crippen molar-refractivity contribution >= 4 is 27.4 Å². The minimum Gasteiger partial charge on any atom is -0.356 e. The third-order valence-corrected chi connectivity index (χ3v) is 6.25. The molecule has 26 heavy (non-hydrogen) atoms. The molecule has 7 heteroatoms. The molecule has 6 nitrogen and oxygen atoms in total. The molecular weight excluding hydrogens is 344 g/mol. The Morgan fingerprint density at radius 3 is 2.81 bits per heavy atom. The lowest BCUT2D eigenvalue weighted by molar-refractivity contribution is 0.354. The number of aryl methyl sites for hydroxylation is 2. The van der Waals surface area contributed by atoms with Crippen LogP contribution in [0.4, 0.5) is 5.82 Å². The molecule has 0 aromatic carbocycles. The highest BCUT2D eigenvalue weighted by Crippen LogP contribution is 2.31. The Hall–Kier alpha value is -1.99. The molecule has 0 amide bonds. The van der Waals surface area contributed by atoms with E-state index in [1.54, 1.807) is 17.7 Å². The van der Waals surface area contributed by atoms with Crippen molar-refractivity contribution in [3.8, 4) is 0 Å². The zero-order chi connectivity index (χ0) is 18.1. The summed E-state index contributed by atoms with van der Waals surface area (Å²) in [5.41, 5.74) is 1.26. The molecule has 4 rings (SSSR count). The number of piperidine rings is 1. The lowest BCUT2D eigenvalue weighted by atomic mass is 10.0. The van der Waals surface area contributed by atoms with Crippen LogP contribution in [0.15, 0.2) is 24.7 Å². The summed E-state index contributed by atoms with van der Waals surface area (Å²) in [5, 5.41) is 9.36. The van der Waals surface area contributed by atoms with Gasteiger partial charge in [-0.1, -0.05) is 6.92 Å². The van der Waals surface area contributed by atoms with Gasteiger partial charge in [-0.3, -0.25) is 4.68 Å². The second kappa shape index (κ2) is 7.32. The quantitative estimate of drug-likeness (QED) is 0.745. The summed E-state index contributed by atoms with van der Waals surface area (Å²) in [4.78, 5) is 13.8. The fraction of sp³-hybridized carbons (Fsp3) is 0.526. The lowest BCUT2D eigenvalue weighted by Gasteiger charge is -2.35. The lowest BCUT2D eigenvalue weighted by Crippen LogP contribution is -2.44. The number of hydrogen-bond acceptors (Lipinski definition) is 6. The zero-order valence-corrected chi connectivity index (χ0v) is 16.5. The van der Waals surface area contributed by atoms with Gasteiger partial charge in [0.1, 0.15) is 17.0 Å². The second-order valence-corrected chi connectivity index (χ2v) is 8.28. The Bertz CT molecular complexity index is 877. The van der Waals surface area contributed by atoms with Gasteiger partial charge in [0.15, 0.2) is 0 Å². The molecule has 0 aliphatic carbocycles. The van der Waals surface area contributed by atoms with Gasteiger partial charge >= 0.3 is 0 Å². The molecule has 0 unspecified atom stereocenters. The van der Waals surface area contributed by atoms with Crippen LogP contribution >= 0.6 is 11.3 Å². The molecule has 0 spiro atoms. The Kier molecular flexibility index (Phi) is 4.91. The molecule has 1 atom stereocenters. The Labute approximate surface area is 158 Å². The summed E-state index contributed by atoms with van der Waals surface area (Å²) in [6.45, 7) is 6.42. The highest BCUT2D eigenvalue weighted by atomic mass is 32.1. The second-order valence-electron chi connectivity index (χ2n) is 7.04. The number of thiophene rings is 1. The molecule has 1 aliphatic rings. The summed E-state index contributed by atoms with van der Waals surface area (Å²) < 4.78 is 1.98. The van der Waals surface area contributed by atoms with Crippen molar-refractivity contribution < 1.29 is 0 Å². The average molecular weight is 371 g/mol. The molecule has 138 valence electrons. The van der Waals surface area contributed by atoms with Crippen LogP contribution in [0.1, 0.15) is 42.8 Å². The smallest absolute Gasteiger partial charge is 0.140 e. The third kappa shape index (κ3) is 3.33. The standard InChI is InChI=1S/C19H26N6S/c1-4-16(17-5-8-22-24(17)3)23-14-6-9-25(10-7-14)18-15-11-13(2)26-19(15)21-12-20-18/h5,8,11-12,14,16,23H,4,6-7,9-10H2,1-3H3/t16-/m0/s1. The van der Waals surface area contributed by atoms with Gasteiger partial charge in [-0.05, 0) is 38.3 Å². The van der Waals surface area contributed by atoms with E-state index in [2.05, 4.69) is 51.3 Å². The predicted molar refractivity (Wildman–Crippen MR) is 107 cm³/mol. The first-order valence-corrected chi connectivity index (χ1v) is 10.2. The first kappa shape index (κ1) is 17.4. The first-order valence-electron chi connectivity index (χ1n) is 9.35. The maximum Gasteiger partial charge on any atom is 0.140 e. The number of fused-ring (bicyclic) bond motifs is 1. The third-order valence-electron chi connectivity index (χ3n) is 5.29. The van der Waals surface area contributed by atoms with Gasteiger partial charge in [0.2, 0.25) is 0 Å². The summed E-state index contributed by atoms with van der Waals surface area (Å²) in [6.07, 6.45) is 6.91. The number of anilines is 1. The molecule has 1 N–H and O–H groups in total. The molecule has 1 aliphatic heterocycles. The van der Waals surface area contributed by atoms with Crippen molar-refractivity contribution in [2.45, 2.75) is 45.2 Å². The Morgan fingerprint density at radius 1 is 1.31 bits per heavy atom. The SMILES string of the molecule is CC[C@H](NC1CCN(c2ncnc3sc(C)cc23)CC1)c1ccnn1C. The average Bonchev–Trinajstić information content (AvgIpc) is 3.24. The van der Waals surface area contributed by atoms with E-state index in [-0.39, 0.29) is 0 Å². The number of rotatable bonds is 5. The van der Waals surface area contributed by atoms with E-state index < -0.39 is 0 Å². The molecule has 3 aromatic heterocycles. The minimum atomic E-state index is 0.365. The Morgan fingerprint density at radius 2 is 2.12 bits per heavy atom. The number of hydrogen-bond donors (Lipinski definition) is 1. The fourth-order valence-electron chi connectivity index (χ4n) is 3.90. The highest BCUT2D eigenvalue weighted by molar-refractivity contribution is 7.18. The van der Waals surface area contributed by atoms with Crippen LogP contribution in [-0.4, -0.2) is 38.9 Å².